The van der Waals surface area contributed by atoms with E-state index in [1.807, 2.05) is 0 Å². The van der Waals surface area contributed by atoms with Gasteiger partial charge >= 0.3 is 0 Å². The number of benzene rings is 3. The van der Waals surface area contributed by atoms with E-state index < -0.39 is 33.4 Å². The number of nitrogens with one attached hydrogen (secondary N) is 1. The van der Waals surface area contributed by atoms with Crippen LogP contribution >= 0.6 is 23.2 Å². The Kier molecular flexibility index (Phi) is 7.82. The van der Waals surface area contributed by atoms with E-state index in [-0.39, 0.29) is 39.7 Å². The molecule has 0 aliphatic carbocycles. The van der Waals surface area contributed by atoms with E-state index in [2.05, 4.69) is 16.4 Å². The summed E-state index contributed by atoms with van der Waals surface area (Å²) in [6, 6.07) is 18.2. The molecular weight excluding hydrogens is 639 g/mol. The van der Waals surface area contributed by atoms with Crippen LogP contribution in [-0.4, -0.2) is 51.8 Å². The number of aromatic hydroxyl groups is 1. The van der Waals surface area contributed by atoms with Gasteiger partial charge in [-0.1, -0.05) is 35.3 Å². The summed E-state index contributed by atoms with van der Waals surface area (Å²) in [5.74, 6) is -0.903. The maximum absolute atomic E-state index is 14.4. The summed E-state index contributed by atoms with van der Waals surface area (Å²) < 4.78 is 31.3. The molecule has 11 nitrogen and oxygen atoms in total. The van der Waals surface area contributed by atoms with Crippen molar-refractivity contribution in [1.29, 1.82) is 5.26 Å². The zero-order chi connectivity index (χ0) is 32.1. The number of hydrogen-bond donors (Lipinski definition) is 2. The lowest BCUT2D eigenvalue weighted by Crippen LogP contribution is -2.46. The fourth-order valence-electron chi connectivity index (χ4n) is 5.89. The van der Waals surface area contributed by atoms with E-state index in [4.69, 9.17) is 23.2 Å². The van der Waals surface area contributed by atoms with E-state index in [0.717, 1.165) is 4.31 Å². The third-order valence-corrected chi connectivity index (χ3v) is 10.3. The minimum atomic E-state index is -4.37. The second-order valence-corrected chi connectivity index (χ2v) is 13.8. The number of amides is 2. The van der Waals surface area contributed by atoms with Crippen LogP contribution in [0.2, 0.25) is 10.0 Å². The number of sulfonamides is 1. The number of phenolic OH excluding ortho intramolecular Hbond substituents is 1. The molecule has 2 aliphatic heterocycles. The topological polar surface area (TPSA) is 149 Å². The molecule has 3 aromatic carbocycles. The molecule has 0 spiro atoms. The molecule has 3 heterocycles. The van der Waals surface area contributed by atoms with Crippen LogP contribution in [0, 0.1) is 11.3 Å². The number of imidazole rings is 1. The number of nitrogens with zero attached hydrogens (tertiary/aromatic N) is 5. The fourth-order valence-corrected chi connectivity index (χ4v) is 8.25. The highest BCUT2D eigenvalue weighted by atomic mass is 35.5. The SMILES string of the molecule is C[C@@]1(Cc2ccc(C#N)cc2)C(=O)N(c2cc(Cl)cc(Cl)c2)c2ncc(S(=O)(=O)N3CCC[C@H]3C(=O)Nc3ccc(O)cc3)n21. The van der Waals surface area contributed by atoms with Crippen molar-refractivity contribution in [3.05, 3.63) is 94.1 Å². The van der Waals surface area contributed by atoms with Gasteiger partial charge in [-0.05, 0) is 79.9 Å². The number of carbonyl (C=O) groups excluding carboxylic acids is 2. The molecule has 0 saturated carbocycles. The van der Waals surface area contributed by atoms with Gasteiger partial charge in [-0.15, -0.1) is 0 Å². The summed E-state index contributed by atoms with van der Waals surface area (Å²) in [6.07, 6.45) is 2.00. The Labute approximate surface area is 269 Å². The van der Waals surface area contributed by atoms with Crippen molar-refractivity contribution in [1.82, 2.24) is 13.9 Å². The molecule has 45 heavy (non-hydrogen) atoms. The Morgan fingerprint density at radius 1 is 1.11 bits per heavy atom. The number of nitriles is 1. The van der Waals surface area contributed by atoms with Gasteiger partial charge in [0.15, 0.2) is 5.03 Å². The Bertz CT molecular complexity index is 1950. The molecule has 1 aromatic heterocycles. The van der Waals surface area contributed by atoms with Gasteiger partial charge in [-0.2, -0.15) is 9.57 Å². The quantitative estimate of drug-likeness (QED) is 0.258. The summed E-state index contributed by atoms with van der Waals surface area (Å²) in [5.41, 5.74) is 0.355. The van der Waals surface area contributed by atoms with Crippen molar-refractivity contribution in [2.24, 2.45) is 0 Å². The summed E-state index contributed by atoms with van der Waals surface area (Å²) in [6.45, 7) is 1.72. The maximum Gasteiger partial charge on any atom is 0.261 e. The molecular formula is C31H26Cl2N6O5S. The molecule has 0 unspecified atom stereocenters. The number of phenols is 1. The standard InChI is InChI=1S/C31H26Cl2N6O5S/c1-31(16-19-4-6-20(17-34)7-5-19)29(42)38(24-14-21(32)13-22(33)15-24)30-35-18-27(39(30)31)45(43,44)37-12-2-3-26(37)28(41)36-23-8-10-25(40)11-9-23/h4-11,13-15,18,26,40H,2-3,12,16H2,1H3,(H,36,41)/t26-,31+/m0/s1. The Hall–Kier alpha value is -4.41. The second kappa shape index (κ2) is 11.5. The van der Waals surface area contributed by atoms with Gasteiger partial charge in [0.05, 0.1) is 23.5 Å². The number of anilines is 3. The van der Waals surface area contributed by atoms with E-state index in [0.29, 0.717) is 35.3 Å². The van der Waals surface area contributed by atoms with Gasteiger partial charge in [0.25, 0.3) is 15.9 Å². The van der Waals surface area contributed by atoms with Crippen LogP contribution in [-0.2, 0) is 31.6 Å². The molecule has 14 heteroatoms. The van der Waals surface area contributed by atoms with Crippen molar-refractivity contribution < 1.29 is 23.1 Å². The van der Waals surface area contributed by atoms with E-state index >= 15 is 0 Å². The first kappa shape index (κ1) is 30.6. The molecule has 4 aromatic rings. The van der Waals surface area contributed by atoms with Gasteiger partial charge in [-0.25, -0.2) is 18.3 Å². The fraction of sp³-hybridized carbons (Fsp3) is 0.226. The summed E-state index contributed by atoms with van der Waals surface area (Å²) in [7, 11) is -4.37. The first-order valence-electron chi connectivity index (χ1n) is 13.9. The summed E-state index contributed by atoms with van der Waals surface area (Å²) in [5, 5.41) is 21.8. The molecule has 2 atom stereocenters. The van der Waals surface area contributed by atoms with Gasteiger partial charge in [0.2, 0.25) is 11.9 Å². The molecule has 1 saturated heterocycles. The predicted molar refractivity (Wildman–Crippen MR) is 168 cm³/mol. The molecule has 2 amide bonds. The average molecular weight is 666 g/mol. The highest BCUT2D eigenvalue weighted by Crippen LogP contribution is 2.45. The van der Waals surface area contributed by atoms with Gasteiger partial charge in [-0.3, -0.25) is 14.2 Å². The monoisotopic (exact) mass is 664 g/mol. The largest absolute Gasteiger partial charge is 0.508 e. The number of aromatic nitrogens is 2. The molecule has 2 N–H and O–H groups in total. The van der Waals surface area contributed by atoms with Crippen LogP contribution in [0.1, 0.15) is 30.9 Å². The van der Waals surface area contributed by atoms with Crippen molar-refractivity contribution in [3.63, 3.8) is 0 Å². The van der Waals surface area contributed by atoms with Gasteiger partial charge in [0.1, 0.15) is 17.3 Å². The highest BCUT2D eigenvalue weighted by Gasteiger charge is 2.53. The molecule has 0 radical (unpaired) electrons. The number of hydrogen-bond acceptors (Lipinski definition) is 7. The minimum Gasteiger partial charge on any atom is -0.508 e. The summed E-state index contributed by atoms with van der Waals surface area (Å²) in [4.78, 5) is 33.4. The van der Waals surface area contributed by atoms with Gasteiger partial charge < -0.3 is 10.4 Å². The first-order chi connectivity index (χ1) is 21.4. The smallest absolute Gasteiger partial charge is 0.261 e. The number of carbonyl (C=O) groups is 2. The van der Waals surface area contributed by atoms with Crippen LogP contribution in [0.5, 0.6) is 5.75 Å². The second-order valence-electron chi connectivity index (χ2n) is 11.1. The van der Waals surface area contributed by atoms with Crippen molar-refractivity contribution >= 4 is 62.4 Å². The Morgan fingerprint density at radius 3 is 2.42 bits per heavy atom. The van der Waals surface area contributed by atoms with Crippen LogP contribution in [0.15, 0.2) is 78.0 Å². The lowest BCUT2D eigenvalue weighted by atomic mass is 9.91. The van der Waals surface area contributed by atoms with E-state index in [1.165, 1.54) is 58.1 Å². The summed E-state index contributed by atoms with van der Waals surface area (Å²) >= 11 is 12.6. The lowest BCUT2D eigenvalue weighted by molar-refractivity contribution is -0.124. The normalized spacial score (nSPS) is 19.8. The van der Waals surface area contributed by atoms with Crippen LogP contribution in [0.25, 0.3) is 0 Å². The van der Waals surface area contributed by atoms with Crippen molar-refractivity contribution in [2.75, 3.05) is 16.8 Å². The number of halogens is 2. The molecule has 0 bridgehead atoms. The molecule has 230 valence electrons. The van der Waals surface area contributed by atoms with E-state index in [1.54, 1.807) is 31.2 Å². The zero-order valence-corrected chi connectivity index (χ0v) is 26.1. The minimum absolute atomic E-state index is 0.0281. The van der Waals surface area contributed by atoms with E-state index in [9.17, 15) is 28.4 Å². The Balaban J connectivity index is 1.43. The molecule has 2 aliphatic rings. The van der Waals surface area contributed by atoms with Crippen LogP contribution in [0.3, 0.4) is 0 Å². The first-order valence-corrected chi connectivity index (χ1v) is 16.1. The molecule has 1 fully saturated rings. The number of fused-ring (bicyclic) bond motifs is 1. The zero-order valence-electron chi connectivity index (χ0n) is 23.8. The maximum atomic E-state index is 14.4. The predicted octanol–water partition coefficient (Wildman–Crippen LogP) is 5.20. The third kappa shape index (κ3) is 5.42. The average Bonchev–Trinajstić information content (AvgIpc) is 3.72. The highest BCUT2D eigenvalue weighted by molar-refractivity contribution is 7.89. The van der Waals surface area contributed by atoms with Crippen molar-refractivity contribution in [3.8, 4) is 11.8 Å². The van der Waals surface area contributed by atoms with Crippen LogP contribution < -0.4 is 10.2 Å². The van der Waals surface area contributed by atoms with Gasteiger partial charge in [0, 0.05) is 28.7 Å². The molecule has 6 rings (SSSR count). The third-order valence-electron chi connectivity index (χ3n) is 8.02. The van der Waals surface area contributed by atoms with Crippen molar-refractivity contribution in [2.45, 2.75) is 42.8 Å². The Morgan fingerprint density at radius 2 is 1.78 bits per heavy atom. The lowest BCUT2D eigenvalue weighted by Gasteiger charge is -2.29. The van der Waals surface area contributed by atoms with Crippen LogP contribution in [0.4, 0.5) is 17.3 Å². The number of rotatable bonds is 7.